The van der Waals surface area contributed by atoms with Gasteiger partial charge < -0.3 is 19.9 Å². The average molecular weight is 387 g/mol. The molecule has 142 valence electrons. The summed E-state index contributed by atoms with van der Waals surface area (Å²) in [6, 6.07) is 5.24. The molecule has 1 atom stereocenters. The predicted octanol–water partition coefficient (Wildman–Crippen LogP) is 3.71. The first kappa shape index (κ1) is 17.9. The van der Waals surface area contributed by atoms with Gasteiger partial charge in [0.05, 0.1) is 19.1 Å². The van der Waals surface area contributed by atoms with Crippen molar-refractivity contribution in [2.24, 2.45) is 0 Å². The van der Waals surface area contributed by atoms with Gasteiger partial charge in [-0.15, -0.1) is 0 Å². The summed E-state index contributed by atoms with van der Waals surface area (Å²) in [6.07, 6.45) is 6.74. The highest BCUT2D eigenvalue weighted by molar-refractivity contribution is 7.98. The third-order valence-corrected chi connectivity index (χ3v) is 5.07. The summed E-state index contributed by atoms with van der Waals surface area (Å²) in [5, 5.41) is 14.2. The van der Waals surface area contributed by atoms with Gasteiger partial charge in [0.2, 0.25) is 0 Å². The molecule has 0 saturated carbocycles. The molecule has 9 heteroatoms. The number of imidazole rings is 1. The molecule has 8 nitrogen and oxygen atoms in total. The first-order chi connectivity index (χ1) is 13.2. The summed E-state index contributed by atoms with van der Waals surface area (Å²) in [6.45, 7) is 0.744. The number of phenols is 1. The molecule has 27 heavy (non-hydrogen) atoms. The standard InChI is InChI=1S/C18H21N5O3S/c1-25-12-7-5-6-11(15(12)24)20-16-14-17(22-18(21-16)27-2)23(10-19-14)13-8-3-4-9-26-13/h5-7,10,13,24H,3-4,8-9H2,1-2H3,(H,20,21,22). The van der Waals surface area contributed by atoms with Crippen LogP contribution in [0, 0.1) is 0 Å². The minimum Gasteiger partial charge on any atom is -0.503 e. The van der Waals surface area contributed by atoms with Gasteiger partial charge in [0.25, 0.3) is 0 Å². The highest BCUT2D eigenvalue weighted by Crippen LogP contribution is 2.37. The average Bonchev–Trinajstić information content (AvgIpc) is 3.14. The molecule has 1 aromatic carbocycles. The third kappa shape index (κ3) is 3.40. The molecule has 3 aromatic rings. The largest absolute Gasteiger partial charge is 0.503 e. The van der Waals surface area contributed by atoms with E-state index in [1.54, 1.807) is 24.5 Å². The van der Waals surface area contributed by atoms with Crippen LogP contribution in [-0.2, 0) is 4.74 Å². The van der Waals surface area contributed by atoms with Crippen LogP contribution in [0.2, 0.25) is 0 Å². The van der Waals surface area contributed by atoms with Gasteiger partial charge in [0.1, 0.15) is 6.23 Å². The molecule has 2 N–H and O–H groups in total. The molecule has 4 rings (SSSR count). The van der Waals surface area contributed by atoms with E-state index in [1.165, 1.54) is 18.9 Å². The van der Waals surface area contributed by atoms with E-state index in [4.69, 9.17) is 9.47 Å². The molecular weight excluding hydrogens is 366 g/mol. The zero-order valence-corrected chi connectivity index (χ0v) is 16.0. The number of ether oxygens (including phenoxy) is 2. The van der Waals surface area contributed by atoms with Crippen molar-refractivity contribution < 1.29 is 14.6 Å². The second kappa shape index (κ2) is 7.61. The van der Waals surface area contributed by atoms with E-state index < -0.39 is 0 Å². The highest BCUT2D eigenvalue weighted by Gasteiger charge is 2.22. The van der Waals surface area contributed by atoms with E-state index >= 15 is 0 Å². The third-order valence-electron chi connectivity index (χ3n) is 4.52. The number of methoxy groups -OCH3 is 1. The predicted molar refractivity (Wildman–Crippen MR) is 104 cm³/mol. The number of benzene rings is 1. The van der Waals surface area contributed by atoms with E-state index in [9.17, 15) is 5.11 Å². The molecule has 2 aromatic heterocycles. The van der Waals surface area contributed by atoms with Crippen LogP contribution in [0.15, 0.2) is 29.7 Å². The molecule has 0 amide bonds. The maximum absolute atomic E-state index is 10.4. The summed E-state index contributed by atoms with van der Waals surface area (Å²) in [4.78, 5) is 13.7. The quantitative estimate of drug-likeness (QED) is 0.389. The Kier molecular flexibility index (Phi) is 5.04. The highest BCUT2D eigenvalue weighted by atomic mass is 32.2. The summed E-state index contributed by atoms with van der Waals surface area (Å²) in [5.41, 5.74) is 1.83. The lowest BCUT2D eigenvalue weighted by Gasteiger charge is -2.23. The zero-order valence-electron chi connectivity index (χ0n) is 15.2. The Bertz CT molecular complexity index is 956. The van der Waals surface area contributed by atoms with Crippen molar-refractivity contribution in [3.63, 3.8) is 0 Å². The van der Waals surface area contributed by atoms with E-state index in [0.29, 0.717) is 33.6 Å². The maximum Gasteiger partial charge on any atom is 0.191 e. The Morgan fingerprint density at radius 2 is 2.22 bits per heavy atom. The number of para-hydroxylation sites is 1. The van der Waals surface area contributed by atoms with Gasteiger partial charge in [0.15, 0.2) is 33.6 Å². The van der Waals surface area contributed by atoms with Gasteiger partial charge in [-0.2, -0.15) is 0 Å². The van der Waals surface area contributed by atoms with Crippen LogP contribution in [0.4, 0.5) is 11.5 Å². The van der Waals surface area contributed by atoms with Gasteiger partial charge in [-0.1, -0.05) is 17.8 Å². The Morgan fingerprint density at radius 1 is 1.33 bits per heavy atom. The van der Waals surface area contributed by atoms with Gasteiger partial charge >= 0.3 is 0 Å². The SMILES string of the molecule is COc1cccc(Nc2nc(SC)nc3c2ncn3C2CCCCO2)c1O. The fourth-order valence-electron chi connectivity index (χ4n) is 3.14. The van der Waals surface area contributed by atoms with Crippen molar-refractivity contribution in [2.75, 3.05) is 25.3 Å². The van der Waals surface area contributed by atoms with Crippen LogP contribution in [-0.4, -0.2) is 44.6 Å². The number of anilines is 2. The van der Waals surface area contributed by atoms with E-state index in [2.05, 4.69) is 20.3 Å². The number of phenolic OH excluding ortho intramolecular Hbond substituents is 1. The van der Waals surface area contributed by atoms with Gasteiger partial charge in [-0.25, -0.2) is 15.0 Å². The number of hydrogen-bond acceptors (Lipinski definition) is 8. The number of hydrogen-bond donors (Lipinski definition) is 2. The number of aromatic hydroxyl groups is 1. The molecule has 1 saturated heterocycles. The monoisotopic (exact) mass is 387 g/mol. The number of rotatable bonds is 5. The van der Waals surface area contributed by atoms with Gasteiger partial charge in [-0.3, -0.25) is 4.57 Å². The molecule has 1 aliphatic heterocycles. The lowest BCUT2D eigenvalue weighted by Crippen LogP contribution is -2.17. The smallest absolute Gasteiger partial charge is 0.191 e. The second-order valence-electron chi connectivity index (χ2n) is 6.19. The first-order valence-electron chi connectivity index (χ1n) is 8.74. The van der Waals surface area contributed by atoms with Crippen molar-refractivity contribution in [1.82, 2.24) is 19.5 Å². The number of nitrogens with one attached hydrogen (secondary N) is 1. The number of fused-ring (bicyclic) bond motifs is 1. The van der Waals surface area contributed by atoms with E-state index in [0.717, 1.165) is 25.9 Å². The molecule has 0 bridgehead atoms. The van der Waals surface area contributed by atoms with Crippen LogP contribution >= 0.6 is 11.8 Å². The molecule has 0 aliphatic carbocycles. The molecular formula is C18H21N5O3S. The van der Waals surface area contributed by atoms with Crippen LogP contribution in [0.5, 0.6) is 11.5 Å². The van der Waals surface area contributed by atoms with Crippen molar-refractivity contribution in [2.45, 2.75) is 30.6 Å². The molecule has 1 fully saturated rings. The topological polar surface area (TPSA) is 94.3 Å². The van der Waals surface area contributed by atoms with Crippen LogP contribution in [0.1, 0.15) is 25.5 Å². The molecule has 3 heterocycles. The Hall–Kier alpha value is -2.52. The first-order valence-corrected chi connectivity index (χ1v) is 9.97. The number of thioether (sulfide) groups is 1. The van der Waals surface area contributed by atoms with Crippen molar-refractivity contribution in [3.05, 3.63) is 24.5 Å². The lowest BCUT2D eigenvalue weighted by molar-refractivity contribution is -0.0298. The number of nitrogens with zero attached hydrogens (tertiary/aromatic N) is 4. The summed E-state index contributed by atoms with van der Waals surface area (Å²) < 4.78 is 13.0. The number of aromatic nitrogens is 4. The maximum atomic E-state index is 10.4. The summed E-state index contributed by atoms with van der Waals surface area (Å²) >= 11 is 1.45. The minimum atomic E-state index is -0.0635. The van der Waals surface area contributed by atoms with E-state index in [1.807, 2.05) is 10.8 Å². The van der Waals surface area contributed by atoms with Gasteiger partial charge in [-0.05, 0) is 37.7 Å². The normalized spacial score (nSPS) is 17.2. The van der Waals surface area contributed by atoms with Crippen LogP contribution in [0.3, 0.4) is 0 Å². The molecule has 0 spiro atoms. The Labute approximate surface area is 160 Å². The summed E-state index contributed by atoms with van der Waals surface area (Å²) in [5.74, 6) is 0.937. The Balaban J connectivity index is 1.77. The minimum absolute atomic E-state index is 0.0208. The fraction of sp³-hybridized carbons (Fsp3) is 0.389. The van der Waals surface area contributed by atoms with Gasteiger partial charge in [0, 0.05) is 6.61 Å². The summed E-state index contributed by atoms with van der Waals surface area (Å²) in [7, 11) is 1.51. The molecule has 1 aliphatic rings. The second-order valence-corrected chi connectivity index (χ2v) is 6.96. The molecule has 1 unspecified atom stereocenters. The Morgan fingerprint density at radius 3 is 2.96 bits per heavy atom. The van der Waals surface area contributed by atoms with Crippen LogP contribution < -0.4 is 10.1 Å². The van der Waals surface area contributed by atoms with E-state index in [-0.39, 0.29) is 12.0 Å². The lowest BCUT2D eigenvalue weighted by atomic mass is 10.2. The van der Waals surface area contributed by atoms with Crippen molar-refractivity contribution in [3.8, 4) is 11.5 Å². The van der Waals surface area contributed by atoms with Crippen molar-refractivity contribution >= 4 is 34.4 Å². The van der Waals surface area contributed by atoms with Crippen molar-refractivity contribution in [1.29, 1.82) is 0 Å². The fourth-order valence-corrected chi connectivity index (χ4v) is 3.50. The van der Waals surface area contributed by atoms with Crippen LogP contribution in [0.25, 0.3) is 11.2 Å². The zero-order chi connectivity index (χ0) is 18.8. The molecule has 0 radical (unpaired) electrons.